The topological polar surface area (TPSA) is 75.6 Å². The smallest absolute Gasteiger partial charge is 0.411 e. The SMILES string of the molecule is O=C(Nc1cc(I)cc(C(=O)O)c1)OCc1ccccc1. The van der Waals surface area contributed by atoms with Crippen LogP contribution >= 0.6 is 22.6 Å². The number of hydrogen-bond donors (Lipinski definition) is 2. The average Bonchev–Trinajstić information content (AvgIpc) is 2.45. The largest absolute Gasteiger partial charge is 0.478 e. The Labute approximate surface area is 135 Å². The fourth-order valence-corrected chi connectivity index (χ4v) is 2.33. The molecule has 0 saturated carbocycles. The monoisotopic (exact) mass is 397 g/mol. The van der Waals surface area contributed by atoms with E-state index in [-0.39, 0.29) is 12.2 Å². The highest BCUT2D eigenvalue weighted by atomic mass is 127. The van der Waals surface area contributed by atoms with Gasteiger partial charge in [0.25, 0.3) is 0 Å². The Morgan fingerprint density at radius 1 is 1.14 bits per heavy atom. The number of benzene rings is 2. The predicted molar refractivity (Wildman–Crippen MR) is 86.4 cm³/mol. The van der Waals surface area contributed by atoms with Crippen molar-refractivity contribution in [3.8, 4) is 0 Å². The van der Waals surface area contributed by atoms with Crippen molar-refractivity contribution >= 4 is 40.3 Å². The molecule has 108 valence electrons. The normalized spacial score (nSPS) is 9.95. The number of carbonyl (C=O) groups is 2. The minimum absolute atomic E-state index is 0.111. The van der Waals surface area contributed by atoms with Gasteiger partial charge in [-0.05, 0) is 46.4 Å². The molecule has 0 aliphatic rings. The molecule has 0 saturated heterocycles. The second kappa shape index (κ2) is 7.07. The standard InChI is InChI=1S/C15H12INO4/c16-12-6-11(14(18)19)7-13(8-12)17-15(20)21-9-10-4-2-1-3-5-10/h1-8H,9H2,(H,17,20)(H,18,19). The lowest BCUT2D eigenvalue weighted by atomic mass is 10.2. The van der Waals surface area contributed by atoms with Gasteiger partial charge in [0, 0.05) is 9.26 Å². The number of halogens is 1. The second-order valence-electron chi connectivity index (χ2n) is 4.22. The first kappa shape index (κ1) is 15.3. The Bertz CT molecular complexity index is 658. The molecule has 0 aliphatic heterocycles. The van der Waals surface area contributed by atoms with E-state index in [2.05, 4.69) is 5.32 Å². The summed E-state index contributed by atoms with van der Waals surface area (Å²) in [6, 6.07) is 13.9. The van der Waals surface area contributed by atoms with E-state index < -0.39 is 12.1 Å². The van der Waals surface area contributed by atoms with E-state index in [9.17, 15) is 9.59 Å². The van der Waals surface area contributed by atoms with Gasteiger partial charge in [0.1, 0.15) is 6.61 Å². The van der Waals surface area contributed by atoms with Crippen LogP contribution in [0.15, 0.2) is 48.5 Å². The first-order valence-corrected chi connectivity index (χ1v) is 7.14. The Morgan fingerprint density at radius 2 is 1.86 bits per heavy atom. The lowest BCUT2D eigenvalue weighted by Crippen LogP contribution is -2.14. The van der Waals surface area contributed by atoms with Gasteiger partial charge in [-0.15, -0.1) is 0 Å². The maximum atomic E-state index is 11.7. The maximum Gasteiger partial charge on any atom is 0.411 e. The summed E-state index contributed by atoms with van der Waals surface area (Å²) in [7, 11) is 0. The van der Waals surface area contributed by atoms with Gasteiger partial charge in [-0.25, -0.2) is 9.59 Å². The summed E-state index contributed by atoms with van der Waals surface area (Å²) in [5, 5.41) is 11.5. The quantitative estimate of drug-likeness (QED) is 0.771. The number of anilines is 1. The summed E-state index contributed by atoms with van der Waals surface area (Å²) in [4.78, 5) is 22.6. The maximum absolute atomic E-state index is 11.7. The van der Waals surface area contributed by atoms with Crippen LogP contribution < -0.4 is 5.32 Å². The number of carbonyl (C=O) groups excluding carboxylic acids is 1. The molecule has 2 rings (SSSR count). The van der Waals surface area contributed by atoms with Crippen LogP contribution in [-0.2, 0) is 11.3 Å². The van der Waals surface area contributed by atoms with Crippen LogP contribution in [0.2, 0.25) is 0 Å². The van der Waals surface area contributed by atoms with Gasteiger partial charge in [-0.3, -0.25) is 5.32 Å². The zero-order valence-corrected chi connectivity index (χ0v) is 13.0. The Morgan fingerprint density at radius 3 is 2.52 bits per heavy atom. The van der Waals surface area contributed by atoms with Crippen molar-refractivity contribution < 1.29 is 19.4 Å². The molecule has 6 heteroatoms. The number of amides is 1. The number of nitrogens with one attached hydrogen (secondary N) is 1. The molecule has 5 nitrogen and oxygen atoms in total. The summed E-state index contributed by atoms with van der Waals surface area (Å²) in [6.07, 6.45) is -0.628. The molecule has 0 bridgehead atoms. The minimum atomic E-state index is -1.05. The van der Waals surface area contributed by atoms with E-state index >= 15 is 0 Å². The zero-order valence-electron chi connectivity index (χ0n) is 10.9. The van der Waals surface area contributed by atoms with E-state index in [0.29, 0.717) is 9.26 Å². The molecule has 2 N–H and O–H groups in total. The van der Waals surface area contributed by atoms with E-state index in [0.717, 1.165) is 5.56 Å². The highest BCUT2D eigenvalue weighted by Gasteiger charge is 2.09. The first-order chi connectivity index (χ1) is 10.0. The van der Waals surface area contributed by atoms with Crippen molar-refractivity contribution in [1.82, 2.24) is 0 Å². The molecule has 2 aromatic rings. The Balaban J connectivity index is 1.98. The predicted octanol–water partition coefficient (Wildman–Crippen LogP) is 3.74. The highest BCUT2D eigenvalue weighted by molar-refractivity contribution is 14.1. The number of carboxylic acid groups (broad SMARTS) is 1. The van der Waals surface area contributed by atoms with Crippen molar-refractivity contribution in [2.75, 3.05) is 5.32 Å². The van der Waals surface area contributed by atoms with Crippen LogP contribution in [0.4, 0.5) is 10.5 Å². The van der Waals surface area contributed by atoms with Gasteiger partial charge in [-0.2, -0.15) is 0 Å². The zero-order chi connectivity index (χ0) is 15.2. The van der Waals surface area contributed by atoms with Gasteiger partial charge in [-0.1, -0.05) is 30.3 Å². The van der Waals surface area contributed by atoms with Crippen molar-refractivity contribution in [2.24, 2.45) is 0 Å². The van der Waals surface area contributed by atoms with Crippen LogP contribution in [0.5, 0.6) is 0 Å². The fourth-order valence-electron chi connectivity index (χ4n) is 1.66. The van der Waals surface area contributed by atoms with E-state index in [1.807, 2.05) is 52.9 Å². The molecule has 0 aromatic heterocycles. The van der Waals surface area contributed by atoms with Crippen molar-refractivity contribution in [1.29, 1.82) is 0 Å². The summed E-state index contributed by atoms with van der Waals surface area (Å²) >= 11 is 1.99. The average molecular weight is 397 g/mol. The summed E-state index contributed by atoms with van der Waals surface area (Å²) in [6.45, 7) is 0.155. The van der Waals surface area contributed by atoms with Crippen LogP contribution in [0.25, 0.3) is 0 Å². The van der Waals surface area contributed by atoms with Gasteiger partial charge in [0.05, 0.1) is 5.56 Å². The number of hydrogen-bond acceptors (Lipinski definition) is 3. The summed E-state index contributed by atoms with van der Waals surface area (Å²) in [5.74, 6) is -1.05. The third-order valence-corrected chi connectivity index (χ3v) is 3.23. The Hall–Kier alpha value is -2.09. The van der Waals surface area contributed by atoms with E-state index in [1.54, 1.807) is 6.07 Å². The fraction of sp³-hybridized carbons (Fsp3) is 0.0667. The first-order valence-electron chi connectivity index (χ1n) is 6.06. The van der Waals surface area contributed by atoms with Gasteiger partial charge >= 0.3 is 12.1 Å². The number of aromatic carboxylic acids is 1. The second-order valence-corrected chi connectivity index (χ2v) is 5.47. The molecule has 0 fully saturated rings. The highest BCUT2D eigenvalue weighted by Crippen LogP contribution is 2.17. The summed E-state index contributed by atoms with van der Waals surface area (Å²) < 4.78 is 5.79. The molecular formula is C15H12INO4. The molecule has 21 heavy (non-hydrogen) atoms. The lowest BCUT2D eigenvalue weighted by molar-refractivity contribution is 0.0696. The number of carboxylic acids is 1. The third-order valence-electron chi connectivity index (χ3n) is 2.60. The molecule has 0 heterocycles. The molecular weight excluding hydrogens is 385 g/mol. The van der Waals surface area contributed by atoms with Crippen molar-refractivity contribution in [2.45, 2.75) is 6.61 Å². The molecule has 0 aliphatic carbocycles. The molecule has 0 spiro atoms. The van der Waals surface area contributed by atoms with Crippen LogP contribution in [-0.4, -0.2) is 17.2 Å². The minimum Gasteiger partial charge on any atom is -0.478 e. The van der Waals surface area contributed by atoms with Gasteiger partial charge in [0.15, 0.2) is 0 Å². The van der Waals surface area contributed by atoms with Crippen molar-refractivity contribution in [3.05, 3.63) is 63.2 Å². The van der Waals surface area contributed by atoms with Crippen LogP contribution in [0, 0.1) is 3.57 Å². The van der Waals surface area contributed by atoms with Crippen molar-refractivity contribution in [3.63, 3.8) is 0 Å². The number of rotatable bonds is 4. The molecule has 0 unspecified atom stereocenters. The lowest BCUT2D eigenvalue weighted by Gasteiger charge is -2.08. The molecule has 0 atom stereocenters. The van der Waals surface area contributed by atoms with Crippen LogP contribution in [0.1, 0.15) is 15.9 Å². The van der Waals surface area contributed by atoms with E-state index in [1.165, 1.54) is 12.1 Å². The molecule has 0 radical (unpaired) electrons. The van der Waals surface area contributed by atoms with Gasteiger partial charge < -0.3 is 9.84 Å². The summed E-state index contributed by atoms with van der Waals surface area (Å²) in [5.41, 5.74) is 1.37. The third kappa shape index (κ3) is 4.75. The Kier molecular flexibility index (Phi) is 5.15. The van der Waals surface area contributed by atoms with Crippen LogP contribution in [0.3, 0.4) is 0 Å². The molecule has 1 amide bonds. The molecule has 2 aromatic carbocycles. The van der Waals surface area contributed by atoms with E-state index in [4.69, 9.17) is 9.84 Å². The van der Waals surface area contributed by atoms with Gasteiger partial charge in [0.2, 0.25) is 0 Å². The number of ether oxygens (including phenoxy) is 1.